The van der Waals surface area contributed by atoms with Gasteiger partial charge in [-0.15, -0.1) is 0 Å². The summed E-state index contributed by atoms with van der Waals surface area (Å²) in [7, 11) is 0. The van der Waals surface area contributed by atoms with Gasteiger partial charge in [0.15, 0.2) is 0 Å². The van der Waals surface area contributed by atoms with Crippen LogP contribution >= 0.6 is 46.4 Å². The topological polar surface area (TPSA) is 26.3 Å². The van der Waals surface area contributed by atoms with Gasteiger partial charge < -0.3 is 4.74 Å². The van der Waals surface area contributed by atoms with Gasteiger partial charge in [0, 0.05) is 20.6 Å². The summed E-state index contributed by atoms with van der Waals surface area (Å²) in [6.07, 6.45) is 0. The smallest absolute Gasteiger partial charge is 0.256 e. The van der Waals surface area contributed by atoms with Gasteiger partial charge >= 0.3 is 0 Å². The van der Waals surface area contributed by atoms with Crippen molar-refractivity contribution in [3.8, 4) is 5.75 Å². The van der Waals surface area contributed by atoms with Crippen LogP contribution in [0.1, 0.15) is 15.9 Å². The molecule has 0 aromatic heterocycles. The van der Waals surface area contributed by atoms with Crippen LogP contribution in [0, 0.1) is 0 Å². The predicted octanol–water partition coefficient (Wildman–Crippen LogP) is 5.60. The first-order valence-electron chi connectivity index (χ1n) is 5.54. The molecule has 20 heavy (non-hydrogen) atoms. The molecule has 0 aliphatic carbocycles. The van der Waals surface area contributed by atoms with Crippen LogP contribution in [-0.2, 0) is 6.61 Å². The van der Waals surface area contributed by atoms with Gasteiger partial charge in [-0.3, -0.25) is 4.79 Å². The van der Waals surface area contributed by atoms with E-state index in [-0.39, 0.29) is 12.2 Å². The maximum Gasteiger partial charge on any atom is 0.256 e. The van der Waals surface area contributed by atoms with Crippen LogP contribution < -0.4 is 4.74 Å². The lowest BCUT2D eigenvalue weighted by Gasteiger charge is -2.11. The van der Waals surface area contributed by atoms with Crippen LogP contribution in [0.15, 0.2) is 36.4 Å². The predicted molar refractivity (Wildman–Crippen MR) is 82.4 cm³/mol. The Balaban J connectivity index is 2.25. The number of hydrogen-bond acceptors (Lipinski definition) is 2. The molecule has 0 fully saturated rings. The Labute approximate surface area is 136 Å². The molecule has 0 amide bonds. The van der Waals surface area contributed by atoms with Gasteiger partial charge in [0.1, 0.15) is 12.4 Å². The van der Waals surface area contributed by atoms with Crippen LogP contribution in [0.4, 0.5) is 0 Å². The van der Waals surface area contributed by atoms with E-state index >= 15 is 0 Å². The molecule has 0 saturated carbocycles. The fourth-order valence-electron chi connectivity index (χ4n) is 1.60. The van der Waals surface area contributed by atoms with Gasteiger partial charge in [0.05, 0.1) is 5.56 Å². The molecule has 0 aliphatic heterocycles. The van der Waals surface area contributed by atoms with E-state index in [1.54, 1.807) is 30.3 Å². The van der Waals surface area contributed by atoms with Gasteiger partial charge in [-0.1, -0.05) is 40.9 Å². The van der Waals surface area contributed by atoms with Crippen molar-refractivity contribution in [2.24, 2.45) is 0 Å². The first-order valence-corrected chi connectivity index (χ1v) is 7.05. The molecular formula is C14H8Cl4O2. The number of carbonyl (C=O) groups excluding carboxylic acids is 1. The summed E-state index contributed by atoms with van der Waals surface area (Å²) in [6.45, 7) is 0.122. The fraction of sp³-hybridized carbons (Fsp3) is 0.0714. The molecule has 0 spiro atoms. The molecule has 2 nitrogen and oxygen atoms in total. The summed E-state index contributed by atoms with van der Waals surface area (Å²) in [5.74, 6) is 0.324. The highest BCUT2D eigenvalue weighted by molar-refractivity contribution is 6.68. The second kappa shape index (κ2) is 6.68. The summed E-state index contributed by atoms with van der Waals surface area (Å²) < 4.78 is 5.57. The average molecular weight is 350 g/mol. The summed E-state index contributed by atoms with van der Waals surface area (Å²) >= 11 is 23.4. The van der Waals surface area contributed by atoms with Crippen molar-refractivity contribution in [2.75, 3.05) is 0 Å². The minimum Gasteiger partial charge on any atom is -0.488 e. The van der Waals surface area contributed by atoms with Crippen molar-refractivity contribution >= 4 is 51.6 Å². The van der Waals surface area contributed by atoms with E-state index < -0.39 is 5.24 Å². The van der Waals surface area contributed by atoms with Crippen LogP contribution in [-0.4, -0.2) is 5.24 Å². The molecule has 6 heteroatoms. The molecule has 0 bridgehead atoms. The van der Waals surface area contributed by atoms with E-state index in [1.807, 2.05) is 0 Å². The maximum absolute atomic E-state index is 11.3. The Morgan fingerprint density at radius 3 is 2.30 bits per heavy atom. The zero-order chi connectivity index (χ0) is 14.7. The Morgan fingerprint density at radius 1 is 1.05 bits per heavy atom. The van der Waals surface area contributed by atoms with E-state index in [0.717, 1.165) is 0 Å². The number of ether oxygens (including phenoxy) is 1. The Bertz CT molecular complexity index is 635. The second-order valence-electron chi connectivity index (χ2n) is 3.90. The largest absolute Gasteiger partial charge is 0.488 e. The zero-order valence-electron chi connectivity index (χ0n) is 10.00. The number of rotatable bonds is 4. The zero-order valence-corrected chi connectivity index (χ0v) is 13.0. The third-order valence-corrected chi connectivity index (χ3v) is 3.73. The highest BCUT2D eigenvalue weighted by Crippen LogP contribution is 2.29. The second-order valence-corrected chi connectivity index (χ2v) is 5.50. The van der Waals surface area contributed by atoms with Crippen molar-refractivity contribution in [1.82, 2.24) is 0 Å². The van der Waals surface area contributed by atoms with Crippen molar-refractivity contribution in [3.05, 3.63) is 62.6 Å². The number of benzene rings is 2. The van der Waals surface area contributed by atoms with E-state index in [1.165, 1.54) is 6.07 Å². The van der Waals surface area contributed by atoms with Crippen LogP contribution in [0.3, 0.4) is 0 Å². The van der Waals surface area contributed by atoms with Gasteiger partial charge in [0.25, 0.3) is 5.24 Å². The lowest BCUT2D eigenvalue weighted by Crippen LogP contribution is -2.01. The van der Waals surface area contributed by atoms with Gasteiger partial charge in [-0.05, 0) is 41.9 Å². The maximum atomic E-state index is 11.3. The van der Waals surface area contributed by atoms with Gasteiger partial charge in [0.2, 0.25) is 0 Å². The highest BCUT2D eigenvalue weighted by Gasteiger charge is 2.13. The molecule has 0 heterocycles. The van der Waals surface area contributed by atoms with E-state index in [2.05, 4.69) is 0 Å². The lowest BCUT2D eigenvalue weighted by atomic mass is 10.2. The van der Waals surface area contributed by atoms with E-state index in [4.69, 9.17) is 51.1 Å². The molecule has 0 N–H and O–H groups in total. The summed E-state index contributed by atoms with van der Waals surface area (Å²) in [5.41, 5.74) is 0.834. The highest BCUT2D eigenvalue weighted by atomic mass is 35.5. The molecule has 2 aromatic rings. The third kappa shape index (κ3) is 3.58. The molecular weight excluding hydrogens is 342 g/mol. The summed E-state index contributed by atoms with van der Waals surface area (Å²) in [6, 6.07) is 9.78. The van der Waals surface area contributed by atoms with Crippen molar-refractivity contribution in [2.45, 2.75) is 6.61 Å². The molecule has 0 atom stereocenters. The molecule has 0 aliphatic rings. The quantitative estimate of drug-likeness (QED) is 0.671. The van der Waals surface area contributed by atoms with Crippen molar-refractivity contribution in [1.29, 1.82) is 0 Å². The first-order chi connectivity index (χ1) is 9.49. The Kier molecular flexibility index (Phi) is 5.17. The minimum atomic E-state index is -0.646. The van der Waals surface area contributed by atoms with E-state index in [9.17, 15) is 4.79 Å². The minimum absolute atomic E-state index is 0.122. The standard InChI is InChI=1S/C14H8Cl4O2/c15-8-4-5-13(9(6-8)14(18)19)20-7-10-11(16)2-1-3-12(10)17/h1-6H,7H2. The summed E-state index contributed by atoms with van der Waals surface area (Å²) in [5, 5.41) is 0.736. The van der Waals surface area contributed by atoms with Gasteiger partial charge in [-0.25, -0.2) is 0 Å². The van der Waals surface area contributed by atoms with E-state index in [0.29, 0.717) is 26.4 Å². The van der Waals surface area contributed by atoms with Crippen LogP contribution in [0.25, 0.3) is 0 Å². The number of halogens is 4. The Morgan fingerprint density at radius 2 is 1.70 bits per heavy atom. The first kappa shape index (κ1) is 15.5. The normalized spacial score (nSPS) is 10.4. The molecule has 0 saturated heterocycles. The lowest BCUT2D eigenvalue weighted by molar-refractivity contribution is 0.107. The Hall–Kier alpha value is -0.930. The SMILES string of the molecule is O=C(Cl)c1cc(Cl)ccc1OCc1c(Cl)cccc1Cl. The number of hydrogen-bond donors (Lipinski definition) is 0. The summed E-state index contributed by atoms with van der Waals surface area (Å²) in [4.78, 5) is 11.3. The van der Waals surface area contributed by atoms with Crippen molar-refractivity contribution in [3.63, 3.8) is 0 Å². The monoisotopic (exact) mass is 348 g/mol. The third-order valence-electron chi connectivity index (χ3n) is 2.59. The van der Waals surface area contributed by atoms with Gasteiger partial charge in [-0.2, -0.15) is 0 Å². The molecule has 104 valence electrons. The molecule has 2 aromatic carbocycles. The molecule has 0 unspecified atom stereocenters. The fourth-order valence-corrected chi connectivity index (χ4v) is 2.43. The van der Waals surface area contributed by atoms with Crippen LogP contribution in [0.2, 0.25) is 15.1 Å². The number of carbonyl (C=O) groups is 1. The van der Waals surface area contributed by atoms with Crippen LogP contribution in [0.5, 0.6) is 5.75 Å². The molecule has 0 radical (unpaired) electrons. The average Bonchev–Trinajstić information content (AvgIpc) is 2.39. The molecule has 2 rings (SSSR count). The van der Waals surface area contributed by atoms with Crippen molar-refractivity contribution < 1.29 is 9.53 Å².